The van der Waals surface area contributed by atoms with Crippen LogP contribution in [0.3, 0.4) is 0 Å². The molecule has 0 bridgehead atoms. The molecule has 1 aromatic rings. The summed E-state index contributed by atoms with van der Waals surface area (Å²) in [7, 11) is 0. The number of hydrogen-bond donors (Lipinski definition) is 1. The molecule has 1 unspecified atom stereocenters. The molecule has 1 heterocycles. The van der Waals surface area contributed by atoms with Crippen LogP contribution >= 0.6 is 11.6 Å². The highest BCUT2D eigenvalue weighted by atomic mass is 35.5. The van der Waals surface area contributed by atoms with Crippen LogP contribution in [0.2, 0.25) is 5.02 Å². The standard InChI is InChI=1S/C13H14ClN3O/c1-9-2-3-10(8-11(9)14)17-7-6-16-12(4-5-15)13(17)18/h2-3,8,12,16H,4,6-7H2,1H3. The molecule has 18 heavy (non-hydrogen) atoms. The van der Waals surface area contributed by atoms with E-state index in [0.29, 0.717) is 18.1 Å². The van der Waals surface area contributed by atoms with E-state index >= 15 is 0 Å². The van der Waals surface area contributed by atoms with Gasteiger partial charge in [0.05, 0.1) is 12.5 Å². The maximum atomic E-state index is 12.2. The van der Waals surface area contributed by atoms with E-state index in [-0.39, 0.29) is 12.3 Å². The number of halogens is 1. The Morgan fingerprint density at radius 1 is 1.61 bits per heavy atom. The molecule has 4 nitrogen and oxygen atoms in total. The van der Waals surface area contributed by atoms with Gasteiger partial charge in [-0.25, -0.2) is 0 Å². The molecule has 0 radical (unpaired) electrons. The van der Waals surface area contributed by atoms with Crippen molar-refractivity contribution in [3.63, 3.8) is 0 Å². The van der Waals surface area contributed by atoms with Crippen LogP contribution in [-0.2, 0) is 4.79 Å². The molecule has 1 amide bonds. The smallest absolute Gasteiger partial charge is 0.245 e. The van der Waals surface area contributed by atoms with E-state index < -0.39 is 6.04 Å². The zero-order chi connectivity index (χ0) is 13.1. The summed E-state index contributed by atoms with van der Waals surface area (Å²) in [4.78, 5) is 13.9. The highest BCUT2D eigenvalue weighted by Gasteiger charge is 2.29. The highest BCUT2D eigenvalue weighted by molar-refractivity contribution is 6.31. The molecule has 1 N–H and O–H groups in total. The number of benzene rings is 1. The van der Waals surface area contributed by atoms with E-state index in [0.717, 1.165) is 11.3 Å². The van der Waals surface area contributed by atoms with Crippen molar-refractivity contribution in [3.8, 4) is 6.07 Å². The van der Waals surface area contributed by atoms with Gasteiger partial charge in [0, 0.05) is 23.8 Å². The second kappa shape index (κ2) is 5.38. The first-order valence-corrected chi connectivity index (χ1v) is 6.19. The summed E-state index contributed by atoms with van der Waals surface area (Å²) in [5.74, 6) is -0.0669. The van der Waals surface area contributed by atoms with Gasteiger partial charge in [-0.05, 0) is 24.6 Å². The van der Waals surface area contributed by atoms with Crippen molar-refractivity contribution in [2.75, 3.05) is 18.0 Å². The molecular weight excluding hydrogens is 250 g/mol. The van der Waals surface area contributed by atoms with E-state index in [4.69, 9.17) is 16.9 Å². The topological polar surface area (TPSA) is 56.1 Å². The zero-order valence-corrected chi connectivity index (χ0v) is 10.9. The van der Waals surface area contributed by atoms with Crippen molar-refractivity contribution in [2.45, 2.75) is 19.4 Å². The van der Waals surface area contributed by atoms with Gasteiger partial charge >= 0.3 is 0 Å². The minimum Gasteiger partial charge on any atom is -0.310 e. The number of aryl methyl sites for hydroxylation is 1. The fourth-order valence-electron chi connectivity index (χ4n) is 1.99. The number of nitriles is 1. The average molecular weight is 264 g/mol. The zero-order valence-electron chi connectivity index (χ0n) is 10.1. The lowest BCUT2D eigenvalue weighted by atomic mass is 10.1. The number of amides is 1. The number of nitrogens with one attached hydrogen (secondary N) is 1. The van der Waals surface area contributed by atoms with Crippen LogP contribution in [0.4, 0.5) is 5.69 Å². The van der Waals surface area contributed by atoms with Crippen LogP contribution in [0.25, 0.3) is 0 Å². The monoisotopic (exact) mass is 263 g/mol. The van der Waals surface area contributed by atoms with Gasteiger partial charge in [-0.1, -0.05) is 17.7 Å². The summed E-state index contributed by atoms with van der Waals surface area (Å²) in [6, 6.07) is 7.18. The van der Waals surface area contributed by atoms with Gasteiger partial charge in [-0.2, -0.15) is 5.26 Å². The van der Waals surface area contributed by atoms with Gasteiger partial charge in [-0.15, -0.1) is 0 Å². The Bertz CT molecular complexity index is 509. The predicted molar refractivity (Wildman–Crippen MR) is 70.6 cm³/mol. The van der Waals surface area contributed by atoms with E-state index in [2.05, 4.69) is 5.32 Å². The first kappa shape index (κ1) is 12.9. The third kappa shape index (κ3) is 2.47. The second-order valence-electron chi connectivity index (χ2n) is 4.29. The first-order valence-electron chi connectivity index (χ1n) is 5.81. The summed E-state index contributed by atoms with van der Waals surface area (Å²) >= 11 is 6.07. The lowest BCUT2D eigenvalue weighted by Gasteiger charge is -2.32. The Hall–Kier alpha value is -1.57. The van der Waals surface area contributed by atoms with Gasteiger partial charge in [0.1, 0.15) is 6.04 Å². The van der Waals surface area contributed by atoms with Crippen molar-refractivity contribution in [1.29, 1.82) is 5.26 Å². The number of anilines is 1. The molecule has 1 aliphatic heterocycles. The molecular formula is C13H14ClN3O. The maximum absolute atomic E-state index is 12.2. The summed E-state index contributed by atoms with van der Waals surface area (Å²) in [6.45, 7) is 3.20. The largest absolute Gasteiger partial charge is 0.310 e. The van der Waals surface area contributed by atoms with Crippen LogP contribution in [0.15, 0.2) is 18.2 Å². The van der Waals surface area contributed by atoms with Crippen LogP contribution in [-0.4, -0.2) is 25.0 Å². The van der Waals surface area contributed by atoms with Gasteiger partial charge in [0.2, 0.25) is 5.91 Å². The van der Waals surface area contributed by atoms with Crippen LogP contribution in [0.1, 0.15) is 12.0 Å². The van der Waals surface area contributed by atoms with Crippen molar-refractivity contribution < 1.29 is 4.79 Å². The summed E-state index contributed by atoms with van der Waals surface area (Å²) in [6.07, 6.45) is 0.189. The first-order chi connectivity index (χ1) is 8.63. The molecule has 0 saturated carbocycles. The predicted octanol–water partition coefficient (Wildman–Crippen LogP) is 1.87. The number of nitrogens with zero attached hydrogens (tertiary/aromatic N) is 2. The van der Waals surface area contributed by atoms with Gasteiger partial charge in [-0.3, -0.25) is 4.79 Å². The Morgan fingerprint density at radius 2 is 2.39 bits per heavy atom. The average Bonchev–Trinajstić information content (AvgIpc) is 2.36. The number of carbonyl (C=O) groups excluding carboxylic acids is 1. The Morgan fingerprint density at radius 3 is 3.06 bits per heavy atom. The van der Waals surface area contributed by atoms with E-state index in [1.807, 2.05) is 25.1 Å². The molecule has 1 aromatic carbocycles. The summed E-state index contributed by atoms with van der Waals surface area (Å²) in [5.41, 5.74) is 1.77. The quantitative estimate of drug-likeness (QED) is 0.886. The molecule has 1 aliphatic rings. The Labute approximate surface area is 111 Å². The molecule has 5 heteroatoms. The summed E-state index contributed by atoms with van der Waals surface area (Å²) < 4.78 is 0. The molecule has 1 fully saturated rings. The number of rotatable bonds is 2. The highest BCUT2D eigenvalue weighted by Crippen LogP contribution is 2.24. The number of carbonyl (C=O) groups is 1. The third-order valence-electron chi connectivity index (χ3n) is 3.05. The molecule has 2 rings (SSSR count). The molecule has 1 saturated heterocycles. The molecule has 0 aliphatic carbocycles. The molecule has 1 atom stereocenters. The molecule has 0 spiro atoms. The SMILES string of the molecule is Cc1ccc(N2CCNC(CC#N)C2=O)cc1Cl. The van der Waals surface area contributed by atoms with Gasteiger partial charge < -0.3 is 10.2 Å². The minimum absolute atomic E-state index is 0.0669. The Balaban J connectivity index is 2.24. The van der Waals surface area contributed by atoms with Crippen molar-refractivity contribution in [3.05, 3.63) is 28.8 Å². The summed E-state index contributed by atoms with van der Waals surface area (Å²) in [5, 5.41) is 12.4. The van der Waals surface area contributed by atoms with Crippen molar-refractivity contribution >= 4 is 23.2 Å². The van der Waals surface area contributed by atoms with Gasteiger partial charge in [0.25, 0.3) is 0 Å². The fourth-order valence-corrected chi connectivity index (χ4v) is 2.17. The number of piperazine rings is 1. The third-order valence-corrected chi connectivity index (χ3v) is 3.46. The van der Waals surface area contributed by atoms with Crippen LogP contribution < -0.4 is 10.2 Å². The normalized spacial score (nSPS) is 19.7. The Kier molecular flexibility index (Phi) is 3.85. The van der Waals surface area contributed by atoms with Crippen molar-refractivity contribution in [1.82, 2.24) is 5.32 Å². The van der Waals surface area contributed by atoms with Crippen LogP contribution in [0.5, 0.6) is 0 Å². The fraction of sp³-hybridized carbons (Fsp3) is 0.385. The lowest BCUT2D eigenvalue weighted by Crippen LogP contribution is -2.55. The molecule has 94 valence electrons. The maximum Gasteiger partial charge on any atom is 0.245 e. The van der Waals surface area contributed by atoms with E-state index in [1.54, 1.807) is 11.0 Å². The van der Waals surface area contributed by atoms with E-state index in [1.165, 1.54) is 0 Å². The number of hydrogen-bond acceptors (Lipinski definition) is 3. The lowest BCUT2D eigenvalue weighted by molar-refractivity contribution is -0.121. The van der Waals surface area contributed by atoms with Crippen molar-refractivity contribution in [2.24, 2.45) is 0 Å². The van der Waals surface area contributed by atoms with Gasteiger partial charge in [0.15, 0.2) is 0 Å². The molecule has 0 aromatic heterocycles. The minimum atomic E-state index is -0.413. The van der Waals surface area contributed by atoms with Crippen LogP contribution in [0, 0.1) is 18.3 Å². The second-order valence-corrected chi connectivity index (χ2v) is 4.70. The van der Waals surface area contributed by atoms with E-state index in [9.17, 15) is 4.79 Å².